The molecule has 4 rings (SSSR count). The maximum absolute atomic E-state index is 12.3. The van der Waals surface area contributed by atoms with Crippen molar-refractivity contribution in [3.05, 3.63) is 92.5 Å². The smallest absolute Gasteiger partial charge is 0.294 e. The van der Waals surface area contributed by atoms with Crippen LogP contribution in [-0.4, -0.2) is 83.2 Å². The van der Waals surface area contributed by atoms with Crippen molar-refractivity contribution in [2.75, 3.05) is 53.1 Å². The molecule has 0 spiro atoms. The Morgan fingerprint density at radius 2 is 1.75 bits per heavy atom. The van der Waals surface area contributed by atoms with Crippen LogP contribution in [0.2, 0.25) is 10.0 Å². The third kappa shape index (κ3) is 9.74. The number of aldehydes is 1. The molecule has 0 aromatic heterocycles. The molecule has 0 saturated carbocycles. The highest BCUT2D eigenvalue weighted by atomic mass is 35.5. The third-order valence-corrected chi connectivity index (χ3v) is 9.09. The lowest BCUT2D eigenvalue weighted by atomic mass is 9.85. The van der Waals surface area contributed by atoms with Crippen molar-refractivity contribution in [3.63, 3.8) is 0 Å². The molecule has 1 aliphatic heterocycles. The second-order valence-electron chi connectivity index (χ2n) is 10.1. The molecular formula is C30H33Cl2N3O7S2. The molecule has 1 atom stereocenters. The van der Waals surface area contributed by atoms with E-state index in [1.807, 2.05) is 6.07 Å². The first-order valence-electron chi connectivity index (χ1n) is 13.7. The summed E-state index contributed by atoms with van der Waals surface area (Å²) < 4.78 is 46.2. The molecule has 3 aromatic rings. The van der Waals surface area contributed by atoms with Crippen LogP contribution in [0.5, 0.6) is 0 Å². The Bertz CT molecular complexity index is 1570. The predicted molar refractivity (Wildman–Crippen MR) is 171 cm³/mol. The summed E-state index contributed by atoms with van der Waals surface area (Å²) in [4.78, 5) is 26.1. The van der Waals surface area contributed by atoms with E-state index >= 15 is 0 Å². The topological polar surface area (TPSA) is 134 Å². The molecule has 10 nitrogen and oxygen atoms in total. The molecular weight excluding hydrogens is 649 g/mol. The van der Waals surface area contributed by atoms with Crippen LogP contribution in [0.25, 0.3) is 0 Å². The summed E-state index contributed by atoms with van der Waals surface area (Å²) in [6, 6.07) is 15.5. The zero-order chi connectivity index (χ0) is 31.7. The fourth-order valence-corrected chi connectivity index (χ4v) is 6.53. The number of nitrogens with zero attached hydrogens (tertiary/aromatic N) is 1. The average Bonchev–Trinajstić information content (AvgIpc) is 2.99. The number of ether oxygens (including phenoxy) is 2. The largest absolute Gasteiger partial charge is 0.378 e. The SMILES string of the molecule is CN1Cc2c(Cl)cc(Cl)cc2C(c2ccc(SNCCOCCOCCNC(=O)c3cc(C=O)cc(S(=O)(=O)O)c3)cc2)C1. The number of hydrogen-bond donors (Lipinski definition) is 3. The highest BCUT2D eigenvalue weighted by Gasteiger charge is 2.27. The Hall–Kier alpha value is -2.52. The second-order valence-corrected chi connectivity index (χ2v) is 13.4. The van der Waals surface area contributed by atoms with Crippen LogP contribution in [0.3, 0.4) is 0 Å². The zero-order valence-corrected chi connectivity index (χ0v) is 27.1. The molecule has 44 heavy (non-hydrogen) atoms. The normalized spacial score (nSPS) is 15.1. The van der Waals surface area contributed by atoms with Crippen molar-refractivity contribution in [1.29, 1.82) is 0 Å². The van der Waals surface area contributed by atoms with Crippen molar-refractivity contribution in [2.24, 2.45) is 0 Å². The average molecular weight is 683 g/mol. The van der Waals surface area contributed by atoms with Gasteiger partial charge >= 0.3 is 0 Å². The van der Waals surface area contributed by atoms with Crippen LogP contribution in [0, 0.1) is 0 Å². The number of likely N-dealkylation sites (N-methyl/N-ethyl adjacent to an activating group) is 1. The molecule has 0 radical (unpaired) electrons. The lowest BCUT2D eigenvalue weighted by Gasteiger charge is -2.33. The van der Waals surface area contributed by atoms with E-state index in [1.165, 1.54) is 29.1 Å². The molecule has 3 aromatic carbocycles. The van der Waals surface area contributed by atoms with E-state index < -0.39 is 20.9 Å². The minimum Gasteiger partial charge on any atom is -0.378 e. The van der Waals surface area contributed by atoms with Crippen LogP contribution < -0.4 is 10.0 Å². The van der Waals surface area contributed by atoms with Crippen LogP contribution in [0.1, 0.15) is 43.3 Å². The van der Waals surface area contributed by atoms with Gasteiger partial charge in [0.2, 0.25) is 0 Å². The lowest BCUT2D eigenvalue weighted by molar-refractivity contribution is 0.0505. The van der Waals surface area contributed by atoms with E-state index in [-0.39, 0.29) is 30.2 Å². The van der Waals surface area contributed by atoms with E-state index in [4.69, 9.17) is 32.7 Å². The minimum atomic E-state index is -4.56. The summed E-state index contributed by atoms with van der Waals surface area (Å²) in [5.41, 5.74) is 3.41. The van der Waals surface area contributed by atoms with Gasteiger partial charge in [0.15, 0.2) is 0 Å². The fourth-order valence-electron chi connectivity index (χ4n) is 4.78. The van der Waals surface area contributed by atoms with Gasteiger partial charge in [-0.1, -0.05) is 35.3 Å². The number of benzene rings is 3. The zero-order valence-electron chi connectivity index (χ0n) is 23.9. The van der Waals surface area contributed by atoms with Crippen LogP contribution in [0.15, 0.2) is 64.4 Å². The Kier molecular flexibility index (Phi) is 12.6. The van der Waals surface area contributed by atoms with Crippen LogP contribution in [0.4, 0.5) is 0 Å². The first-order chi connectivity index (χ1) is 21.0. The van der Waals surface area contributed by atoms with Crippen molar-refractivity contribution in [1.82, 2.24) is 14.9 Å². The van der Waals surface area contributed by atoms with Crippen LogP contribution >= 0.6 is 35.1 Å². The highest BCUT2D eigenvalue weighted by molar-refractivity contribution is 7.97. The minimum absolute atomic E-state index is 0.0454. The Labute approximate surface area is 271 Å². The molecule has 0 aliphatic carbocycles. The van der Waals surface area contributed by atoms with Gasteiger partial charge in [0, 0.05) is 58.2 Å². The number of amides is 1. The van der Waals surface area contributed by atoms with Crippen molar-refractivity contribution < 1.29 is 32.0 Å². The summed E-state index contributed by atoms with van der Waals surface area (Å²) in [7, 11) is -2.47. The molecule has 236 valence electrons. The van der Waals surface area contributed by atoms with Crippen molar-refractivity contribution >= 4 is 57.5 Å². The van der Waals surface area contributed by atoms with Crippen molar-refractivity contribution in [2.45, 2.75) is 22.3 Å². The van der Waals surface area contributed by atoms with Crippen molar-refractivity contribution in [3.8, 4) is 0 Å². The number of carbonyl (C=O) groups excluding carboxylic acids is 2. The van der Waals surface area contributed by atoms with Gasteiger partial charge < -0.3 is 19.7 Å². The molecule has 1 heterocycles. The van der Waals surface area contributed by atoms with Gasteiger partial charge in [0.1, 0.15) is 6.29 Å². The lowest BCUT2D eigenvalue weighted by Crippen LogP contribution is -2.31. The maximum Gasteiger partial charge on any atom is 0.294 e. The Morgan fingerprint density at radius 3 is 2.43 bits per heavy atom. The van der Waals surface area contributed by atoms with E-state index in [0.717, 1.165) is 35.7 Å². The van der Waals surface area contributed by atoms with E-state index in [9.17, 15) is 22.6 Å². The summed E-state index contributed by atoms with van der Waals surface area (Å²) in [5, 5.41) is 3.93. The molecule has 1 amide bonds. The number of hydrogen-bond acceptors (Lipinski definition) is 9. The number of fused-ring (bicyclic) bond motifs is 1. The fraction of sp³-hybridized carbons (Fsp3) is 0.333. The first kappa shape index (κ1) is 34.4. The van der Waals surface area contributed by atoms with Gasteiger partial charge in [-0.3, -0.25) is 18.9 Å². The number of rotatable bonds is 15. The molecule has 14 heteroatoms. The van der Waals surface area contributed by atoms with E-state index in [1.54, 1.807) is 6.07 Å². The number of carbonyl (C=O) groups is 2. The molecule has 0 fully saturated rings. The van der Waals surface area contributed by atoms with Gasteiger partial charge in [-0.25, -0.2) is 0 Å². The van der Waals surface area contributed by atoms with Gasteiger partial charge in [-0.2, -0.15) is 8.42 Å². The number of nitrogens with one attached hydrogen (secondary N) is 2. The Morgan fingerprint density at radius 1 is 1.05 bits per heavy atom. The van der Waals surface area contributed by atoms with Gasteiger partial charge in [-0.05, 0) is 78.2 Å². The van der Waals surface area contributed by atoms with Gasteiger partial charge in [0.05, 0.1) is 31.3 Å². The van der Waals surface area contributed by atoms with E-state index in [0.29, 0.717) is 42.7 Å². The standard InChI is InChI=1S/C30H33Cl2N3O7S2/c1-35-17-27(26-15-23(31)16-29(32)28(26)18-35)21-2-4-24(5-3-21)43-34-7-9-42-11-10-41-8-6-33-30(37)22-12-20(19-36)13-25(14-22)44(38,39)40/h2-5,12-16,19,27,34H,6-11,17-18H2,1H3,(H,33,37)(H,38,39,40). The third-order valence-electron chi connectivity index (χ3n) is 6.84. The van der Waals surface area contributed by atoms with Crippen LogP contribution in [-0.2, 0) is 26.1 Å². The molecule has 0 bridgehead atoms. The summed E-state index contributed by atoms with van der Waals surface area (Å²) in [5.74, 6) is -0.404. The first-order valence-corrected chi connectivity index (χ1v) is 16.7. The monoisotopic (exact) mass is 681 g/mol. The molecule has 3 N–H and O–H groups in total. The van der Waals surface area contributed by atoms with Gasteiger partial charge in [-0.15, -0.1) is 0 Å². The van der Waals surface area contributed by atoms with E-state index in [2.05, 4.69) is 46.3 Å². The summed E-state index contributed by atoms with van der Waals surface area (Å²) >= 11 is 14.3. The summed E-state index contributed by atoms with van der Waals surface area (Å²) in [6.45, 7) is 3.88. The maximum atomic E-state index is 12.3. The number of halogens is 2. The highest BCUT2D eigenvalue weighted by Crippen LogP contribution is 2.38. The second kappa shape index (κ2) is 16.2. The van der Waals surface area contributed by atoms with Gasteiger partial charge in [0.25, 0.3) is 16.0 Å². The quantitative estimate of drug-likeness (QED) is 0.0898. The Balaban J connectivity index is 1.09. The molecule has 0 saturated heterocycles. The molecule has 1 aliphatic rings. The summed E-state index contributed by atoms with van der Waals surface area (Å²) in [6.07, 6.45) is 0.393. The predicted octanol–water partition coefficient (Wildman–Crippen LogP) is 4.69. The molecule has 1 unspecified atom stereocenters.